The summed E-state index contributed by atoms with van der Waals surface area (Å²) in [6.45, 7) is 7.66. The van der Waals surface area contributed by atoms with E-state index in [0.29, 0.717) is 13.1 Å². The lowest BCUT2D eigenvalue weighted by molar-refractivity contribution is 0.182. The van der Waals surface area contributed by atoms with E-state index in [9.17, 15) is 13.6 Å². The summed E-state index contributed by atoms with van der Waals surface area (Å²) >= 11 is 0. The van der Waals surface area contributed by atoms with Gasteiger partial charge in [-0.15, -0.1) is 0 Å². The van der Waals surface area contributed by atoms with Crippen LogP contribution in [0.15, 0.2) is 60.8 Å². The molecule has 0 saturated carbocycles. The van der Waals surface area contributed by atoms with Crippen LogP contribution in [-0.4, -0.2) is 22.0 Å². The van der Waals surface area contributed by atoms with Crippen LogP contribution in [0.4, 0.5) is 19.3 Å². The molecule has 0 bridgehead atoms. The van der Waals surface area contributed by atoms with Crippen molar-refractivity contribution in [3.63, 3.8) is 0 Å². The summed E-state index contributed by atoms with van der Waals surface area (Å²) in [5, 5.41) is 2.71. The Kier molecular flexibility index (Phi) is 5.10. The van der Waals surface area contributed by atoms with Crippen molar-refractivity contribution >= 4 is 11.7 Å². The van der Waals surface area contributed by atoms with Gasteiger partial charge in [0.05, 0.1) is 6.04 Å². The third-order valence-electron chi connectivity index (χ3n) is 5.56. The second-order valence-corrected chi connectivity index (χ2v) is 8.65. The molecule has 30 heavy (non-hydrogen) atoms. The third-order valence-corrected chi connectivity index (χ3v) is 5.56. The molecule has 6 heteroatoms. The molecule has 156 valence electrons. The molecule has 3 aromatic rings. The van der Waals surface area contributed by atoms with Crippen molar-refractivity contribution in [3.8, 4) is 0 Å². The monoisotopic (exact) mass is 409 g/mol. The number of halogens is 2. The van der Waals surface area contributed by atoms with E-state index in [1.165, 1.54) is 11.6 Å². The number of carbonyl (C=O) groups excluding carboxylic acids is 1. The normalized spacial score (nSPS) is 16.3. The summed E-state index contributed by atoms with van der Waals surface area (Å²) in [5.41, 5.74) is 3.50. The summed E-state index contributed by atoms with van der Waals surface area (Å²) < 4.78 is 28.9. The number of benzene rings is 2. The lowest BCUT2D eigenvalue weighted by Gasteiger charge is -2.37. The highest BCUT2D eigenvalue weighted by atomic mass is 19.2. The topological polar surface area (TPSA) is 37.3 Å². The van der Waals surface area contributed by atoms with Gasteiger partial charge in [-0.3, -0.25) is 0 Å². The van der Waals surface area contributed by atoms with Crippen LogP contribution in [0.1, 0.15) is 43.6 Å². The Morgan fingerprint density at radius 2 is 1.73 bits per heavy atom. The third kappa shape index (κ3) is 3.82. The molecule has 4 rings (SSSR count). The zero-order valence-electron chi connectivity index (χ0n) is 17.3. The number of hydrogen-bond acceptors (Lipinski definition) is 1. The number of nitrogens with one attached hydrogen (secondary N) is 1. The van der Waals surface area contributed by atoms with E-state index in [2.05, 4.69) is 54.9 Å². The summed E-state index contributed by atoms with van der Waals surface area (Å²) in [5.74, 6) is -1.93. The number of anilines is 1. The van der Waals surface area contributed by atoms with Crippen LogP contribution in [0, 0.1) is 11.6 Å². The van der Waals surface area contributed by atoms with Crippen LogP contribution in [0.5, 0.6) is 0 Å². The van der Waals surface area contributed by atoms with E-state index in [1.54, 1.807) is 4.90 Å². The Balaban J connectivity index is 1.66. The lowest BCUT2D eigenvalue weighted by atomic mass is 9.86. The van der Waals surface area contributed by atoms with Crippen molar-refractivity contribution in [3.05, 3.63) is 89.2 Å². The summed E-state index contributed by atoms with van der Waals surface area (Å²) in [7, 11) is 0. The van der Waals surface area contributed by atoms with Gasteiger partial charge in [-0.25, -0.2) is 13.6 Å². The maximum Gasteiger partial charge on any atom is 0.322 e. The van der Waals surface area contributed by atoms with Crippen molar-refractivity contribution < 1.29 is 13.6 Å². The zero-order chi connectivity index (χ0) is 21.5. The Morgan fingerprint density at radius 1 is 1.00 bits per heavy atom. The lowest BCUT2D eigenvalue weighted by Crippen LogP contribution is -2.44. The molecule has 1 aromatic heterocycles. The highest BCUT2D eigenvalue weighted by molar-refractivity contribution is 5.90. The highest BCUT2D eigenvalue weighted by Gasteiger charge is 2.32. The smallest absolute Gasteiger partial charge is 0.322 e. The fourth-order valence-corrected chi connectivity index (χ4v) is 3.89. The van der Waals surface area contributed by atoms with Gasteiger partial charge in [0.15, 0.2) is 11.6 Å². The van der Waals surface area contributed by atoms with Crippen molar-refractivity contribution in [1.29, 1.82) is 0 Å². The van der Waals surface area contributed by atoms with E-state index >= 15 is 0 Å². The number of carbonyl (C=O) groups is 1. The van der Waals surface area contributed by atoms with E-state index in [-0.39, 0.29) is 23.2 Å². The van der Waals surface area contributed by atoms with Crippen LogP contribution < -0.4 is 5.32 Å². The molecule has 4 nitrogen and oxygen atoms in total. The maximum absolute atomic E-state index is 13.6. The average Bonchev–Trinajstić information content (AvgIpc) is 3.18. The molecule has 0 spiro atoms. The van der Waals surface area contributed by atoms with Crippen molar-refractivity contribution in [1.82, 2.24) is 9.47 Å². The van der Waals surface area contributed by atoms with Crippen LogP contribution in [0.2, 0.25) is 0 Å². The molecule has 1 aliphatic rings. The predicted octanol–water partition coefficient (Wildman–Crippen LogP) is 5.70. The molecule has 2 aromatic carbocycles. The van der Waals surface area contributed by atoms with Crippen LogP contribution >= 0.6 is 0 Å². The molecule has 2 heterocycles. The van der Waals surface area contributed by atoms with Crippen molar-refractivity contribution in [2.75, 3.05) is 11.9 Å². The van der Waals surface area contributed by atoms with Crippen LogP contribution in [0.25, 0.3) is 0 Å². The van der Waals surface area contributed by atoms with Gasteiger partial charge >= 0.3 is 6.03 Å². The van der Waals surface area contributed by atoms with Crippen LogP contribution in [0.3, 0.4) is 0 Å². The Morgan fingerprint density at radius 3 is 2.40 bits per heavy atom. The van der Waals surface area contributed by atoms with Gasteiger partial charge in [0.1, 0.15) is 0 Å². The summed E-state index contributed by atoms with van der Waals surface area (Å²) in [4.78, 5) is 14.8. The molecule has 0 saturated heterocycles. The minimum Gasteiger partial charge on any atom is -0.348 e. The fraction of sp³-hybridized carbons (Fsp3) is 0.292. The molecule has 2 amide bonds. The Bertz CT molecular complexity index is 1070. The van der Waals surface area contributed by atoms with E-state index in [4.69, 9.17) is 0 Å². The number of nitrogens with zero attached hydrogens (tertiary/aromatic N) is 2. The van der Waals surface area contributed by atoms with Gasteiger partial charge in [0.2, 0.25) is 0 Å². The Hall–Kier alpha value is -3.15. The molecule has 0 radical (unpaired) electrons. The quantitative estimate of drug-likeness (QED) is 0.579. The SMILES string of the molecule is CC(C)(C)c1ccc([C@@H]2c3cccn3CCN2C(=O)Nc2ccc(F)c(F)c2)cc1. The zero-order valence-corrected chi connectivity index (χ0v) is 17.3. The number of amides is 2. The molecule has 1 atom stereocenters. The second kappa shape index (κ2) is 7.59. The molecule has 1 N–H and O–H groups in total. The van der Waals surface area contributed by atoms with Gasteiger partial charge in [-0.05, 0) is 40.8 Å². The first-order valence-corrected chi connectivity index (χ1v) is 10.0. The molecule has 0 unspecified atom stereocenters. The van der Waals surface area contributed by atoms with Gasteiger partial charge in [0.25, 0.3) is 0 Å². The fourth-order valence-electron chi connectivity index (χ4n) is 3.89. The molecular weight excluding hydrogens is 384 g/mol. The van der Waals surface area contributed by atoms with Crippen molar-refractivity contribution in [2.24, 2.45) is 0 Å². The minimum atomic E-state index is -0.991. The molecular formula is C24H25F2N3O. The van der Waals surface area contributed by atoms with E-state index in [1.807, 2.05) is 18.3 Å². The number of aromatic nitrogens is 1. The summed E-state index contributed by atoms with van der Waals surface area (Å²) in [6.07, 6.45) is 2.01. The van der Waals surface area contributed by atoms with Crippen LogP contribution in [-0.2, 0) is 12.0 Å². The van der Waals surface area contributed by atoms with E-state index in [0.717, 1.165) is 23.4 Å². The predicted molar refractivity (Wildman–Crippen MR) is 113 cm³/mol. The largest absolute Gasteiger partial charge is 0.348 e. The highest BCUT2D eigenvalue weighted by Crippen LogP contribution is 2.34. The standard InChI is InChI=1S/C24H25F2N3O/c1-24(2,3)17-8-6-16(7-9-17)22-21-5-4-12-28(21)13-14-29(22)23(30)27-18-10-11-19(25)20(26)15-18/h4-12,15,22H,13-14H2,1-3H3,(H,27,30)/t22-/m1/s1. The van der Waals surface area contributed by atoms with Gasteiger partial charge in [-0.2, -0.15) is 0 Å². The number of hydrogen-bond donors (Lipinski definition) is 1. The first-order valence-electron chi connectivity index (χ1n) is 10.0. The van der Waals surface area contributed by atoms with Gasteiger partial charge < -0.3 is 14.8 Å². The van der Waals surface area contributed by atoms with E-state index < -0.39 is 11.6 Å². The van der Waals surface area contributed by atoms with Gasteiger partial charge in [0, 0.05) is 36.7 Å². The minimum absolute atomic E-state index is 0.0367. The number of urea groups is 1. The second-order valence-electron chi connectivity index (χ2n) is 8.65. The number of fused-ring (bicyclic) bond motifs is 1. The maximum atomic E-state index is 13.6. The first-order chi connectivity index (χ1) is 14.2. The molecule has 1 aliphatic heterocycles. The molecule has 0 aliphatic carbocycles. The number of rotatable bonds is 2. The summed E-state index contributed by atoms with van der Waals surface area (Å²) in [6, 6.07) is 15.1. The molecule has 0 fully saturated rings. The average molecular weight is 409 g/mol. The van der Waals surface area contributed by atoms with Crippen molar-refractivity contribution in [2.45, 2.75) is 38.8 Å². The first kappa shape index (κ1) is 20.1. The Labute approximate surface area is 175 Å². The van der Waals surface area contributed by atoms with Gasteiger partial charge in [-0.1, -0.05) is 45.0 Å².